The average Bonchev–Trinajstić information content (AvgIpc) is 2.88. The van der Waals surface area contributed by atoms with E-state index >= 15 is 0 Å². The minimum Gasteiger partial charge on any atom is -0.396 e. The van der Waals surface area contributed by atoms with Crippen molar-refractivity contribution in [2.24, 2.45) is 5.92 Å². The third kappa shape index (κ3) is 3.78. The Morgan fingerprint density at radius 3 is 2.90 bits per heavy atom. The molecule has 21 heavy (non-hydrogen) atoms. The van der Waals surface area contributed by atoms with Crippen molar-refractivity contribution in [3.63, 3.8) is 0 Å². The maximum absolute atomic E-state index is 13.5. The van der Waals surface area contributed by atoms with Gasteiger partial charge < -0.3 is 15.4 Å². The van der Waals surface area contributed by atoms with Crippen molar-refractivity contribution in [2.45, 2.75) is 32.7 Å². The van der Waals surface area contributed by atoms with Crippen molar-refractivity contribution in [1.82, 2.24) is 15.3 Å². The largest absolute Gasteiger partial charge is 0.396 e. The maximum Gasteiger partial charge on any atom is 0.220 e. The van der Waals surface area contributed by atoms with Crippen LogP contribution in [0.5, 0.6) is 0 Å². The van der Waals surface area contributed by atoms with E-state index in [1.54, 1.807) is 12.1 Å². The van der Waals surface area contributed by atoms with Crippen LogP contribution < -0.4 is 5.32 Å². The Morgan fingerprint density at radius 1 is 1.48 bits per heavy atom. The molecule has 6 heteroatoms. The van der Waals surface area contributed by atoms with Crippen molar-refractivity contribution >= 4 is 16.9 Å². The minimum atomic E-state index is -0.371. The van der Waals surface area contributed by atoms with Gasteiger partial charge in [0.25, 0.3) is 0 Å². The van der Waals surface area contributed by atoms with Crippen LogP contribution in [0.25, 0.3) is 11.0 Å². The first-order chi connectivity index (χ1) is 10.0. The van der Waals surface area contributed by atoms with Crippen molar-refractivity contribution in [3.05, 3.63) is 29.8 Å². The number of aliphatic hydroxyl groups excluding tert-OH is 1. The number of carbonyl (C=O) groups is 1. The van der Waals surface area contributed by atoms with Gasteiger partial charge >= 0.3 is 0 Å². The first-order valence-electron chi connectivity index (χ1n) is 7.04. The number of aryl methyl sites for hydroxylation is 1. The van der Waals surface area contributed by atoms with Gasteiger partial charge in [-0.25, -0.2) is 9.37 Å². The number of imidazole rings is 1. The van der Waals surface area contributed by atoms with E-state index in [1.807, 2.05) is 13.8 Å². The fourth-order valence-electron chi connectivity index (χ4n) is 2.03. The van der Waals surface area contributed by atoms with Crippen LogP contribution in [0.1, 0.15) is 26.1 Å². The number of nitrogens with one attached hydrogen (secondary N) is 2. The molecule has 0 spiro atoms. The van der Waals surface area contributed by atoms with Gasteiger partial charge in [-0.2, -0.15) is 0 Å². The molecule has 0 fully saturated rings. The number of carbonyl (C=O) groups excluding carboxylic acids is 1. The number of amides is 1. The zero-order valence-electron chi connectivity index (χ0n) is 12.2. The number of para-hydroxylation sites is 1. The molecule has 1 aromatic heterocycles. The Morgan fingerprint density at radius 2 is 2.24 bits per heavy atom. The predicted molar refractivity (Wildman–Crippen MR) is 78.2 cm³/mol. The molecule has 1 heterocycles. The zero-order chi connectivity index (χ0) is 15.4. The molecule has 0 aliphatic rings. The molecule has 3 N–H and O–H groups in total. The van der Waals surface area contributed by atoms with E-state index in [-0.39, 0.29) is 36.7 Å². The first-order valence-corrected chi connectivity index (χ1v) is 7.04. The summed E-state index contributed by atoms with van der Waals surface area (Å²) in [5.74, 6) is 0.121. The normalized spacial score (nSPS) is 14.1. The van der Waals surface area contributed by atoms with Gasteiger partial charge in [-0.1, -0.05) is 13.0 Å². The number of H-pyrrole nitrogens is 1. The highest BCUT2D eigenvalue weighted by molar-refractivity contribution is 5.77. The molecule has 2 rings (SSSR count). The van der Waals surface area contributed by atoms with Crippen LogP contribution in [-0.4, -0.2) is 33.6 Å². The van der Waals surface area contributed by atoms with Gasteiger partial charge in [0.05, 0.1) is 5.52 Å². The van der Waals surface area contributed by atoms with Gasteiger partial charge in [-0.05, 0) is 25.0 Å². The molecule has 5 nitrogen and oxygen atoms in total. The number of aliphatic hydroxyl groups is 1. The third-order valence-electron chi connectivity index (χ3n) is 3.63. The smallest absolute Gasteiger partial charge is 0.220 e. The second-order valence-electron chi connectivity index (χ2n) is 5.34. The number of nitrogens with zero attached hydrogens (tertiary/aromatic N) is 1. The van der Waals surface area contributed by atoms with Crippen LogP contribution in [-0.2, 0) is 11.2 Å². The fraction of sp³-hybridized carbons (Fsp3) is 0.467. The highest BCUT2D eigenvalue weighted by Gasteiger charge is 2.14. The van der Waals surface area contributed by atoms with Crippen molar-refractivity contribution in [2.75, 3.05) is 6.61 Å². The zero-order valence-corrected chi connectivity index (χ0v) is 12.2. The fourth-order valence-corrected chi connectivity index (χ4v) is 2.03. The van der Waals surface area contributed by atoms with E-state index in [0.29, 0.717) is 23.3 Å². The van der Waals surface area contributed by atoms with Crippen LogP contribution in [0.2, 0.25) is 0 Å². The van der Waals surface area contributed by atoms with Crippen molar-refractivity contribution in [3.8, 4) is 0 Å². The third-order valence-corrected chi connectivity index (χ3v) is 3.63. The van der Waals surface area contributed by atoms with Crippen molar-refractivity contribution in [1.29, 1.82) is 0 Å². The Kier molecular flexibility index (Phi) is 4.90. The molecule has 114 valence electrons. The van der Waals surface area contributed by atoms with Gasteiger partial charge in [0.2, 0.25) is 5.91 Å². The van der Waals surface area contributed by atoms with Gasteiger partial charge in [-0.15, -0.1) is 0 Å². The summed E-state index contributed by atoms with van der Waals surface area (Å²) in [5.41, 5.74) is 0.933. The summed E-state index contributed by atoms with van der Waals surface area (Å²) in [7, 11) is 0. The molecule has 0 saturated heterocycles. The Bertz CT molecular complexity index is 626. The van der Waals surface area contributed by atoms with Crippen LogP contribution in [0.15, 0.2) is 18.2 Å². The number of fused-ring (bicyclic) bond motifs is 1. The SMILES string of the molecule is CC(CO)C(C)NC(=O)CCc1nc2c(F)cccc2[nH]1. The number of hydrogen-bond acceptors (Lipinski definition) is 3. The molecule has 0 aliphatic heterocycles. The Labute approximate surface area is 122 Å². The lowest BCUT2D eigenvalue weighted by Gasteiger charge is -2.18. The second-order valence-corrected chi connectivity index (χ2v) is 5.34. The number of benzene rings is 1. The number of halogens is 1. The first kappa shape index (κ1) is 15.4. The predicted octanol–water partition coefficient (Wildman–Crippen LogP) is 1.77. The molecule has 1 aromatic carbocycles. The molecule has 0 aliphatic carbocycles. The molecule has 0 saturated carbocycles. The van der Waals surface area contributed by atoms with Crippen LogP contribution in [0.4, 0.5) is 4.39 Å². The summed E-state index contributed by atoms with van der Waals surface area (Å²) in [6, 6.07) is 4.64. The van der Waals surface area contributed by atoms with E-state index in [2.05, 4.69) is 15.3 Å². The molecular weight excluding hydrogens is 273 g/mol. The molecule has 0 radical (unpaired) electrons. The number of aromatic amines is 1. The minimum absolute atomic E-state index is 0.00856. The van der Waals surface area contributed by atoms with Crippen molar-refractivity contribution < 1.29 is 14.3 Å². The van der Waals surface area contributed by atoms with E-state index in [0.717, 1.165) is 0 Å². The lowest BCUT2D eigenvalue weighted by molar-refractivity contribution is -0.122. The molecule has 0 bridgehead atoms. The molecule has 2 aromatic rings. The molecule has 2 atom stereocenters. The number of aromatic nitrogens is 2. The summed E-state index contributed by atoms with van der Waals surface area (Å²) in [4.78, 5) is 19.0. The molecule has 1 amide bonds. The van der Waals surface area contributed by atoms with Crippen LogP contribution >= 0.6 is 0 Å². The maximum atomic E-state index is 13.5. The summed E-state index contributed by atoms with van der Waals surface area (Å²) in [5, 5.41) is 11.9. The van der Waals surface area contributed by atoms with Crippen LogP contribution in [0.3, 0.4) is 0 Å². The van der Waals surface area contributed by atoms with E-state index in [9.17, 15) is 9.18 Å². The van der Waals surface area contributed by atoms with Gasteiger partial charge in [0.15, 0.2) is 5.82 Å². The summed E-state index contributed by atoms with van der Waals surface area (Å²) in [6.45, 7) is 3.76. The summed E-state index contributed by atoms with van der Waals surface area (Å²) in [6.07, 6.45) is 0.685. The monoisotopic (exact) mass is 293 g/mol. The second kappa shape index (κ2) is 6.67. The van der Waals surface area contributed by atoms with Gasteiger partial charge in [0, 0.05) is 25.5 Å². The Balaban J connectivity index is 1.92. The standard InChI is InChI=1S/C15H20FN3O2/c1-9(8-20)10(2)17-14(21)7-6-13-18-12-5-3-4-11(16)15(12)19-13/h3-5,9-10,20H,6-8H2,1-2H3,(H,17,21)(H,18,19). The highest BCUT2D eigenvalue weighted by Crippen LogP contribution is 2.15. The lowest BCUT2D eigenvalue weighted by Crippen LogP contribution is -2.38. The lowest BCUT2D eigenvalue weighted by atomic mass is 10.1. The quantitative estimate of drug-likeness (QED) is 0.759. The molecule has 2 unspecified atom stereocenters. The van der Waals surface area contributed by atoms with E-state index in [4.69, 9.17) is 5.11 Å². The molecular formula is C15H20FN3O2. The van der Waals surface area contributed by atoms with Gasteiger partial charge in [-0.3, -0.25) is 4.79 Å². The number of rotatable bonds is 6. The Hall–Kier alpha value is -1.95. The van der Waals surface area contributed by atoms with E-state index in [1.165, 1.54) is 6.07 Å². The van der Waals surface area contributed by atoms with E-state index < -0.39 is 0 Å². The van der Waals surface area contributed by atoms with Gasteiger partial charge in [0.1, 0.15) is 11.3 Å². The summed E-state index contributed by atoms with van der Waals surface area (Å²) < 4.78 is 13.5. The summed E-state index contributed by atoms with van der Waals surface area (Å²) >= 11 is 0. The number of hydrogen-bond donors (Lipinski definition) is 3. The topological polar surface area (TPSA) is 78.0 Å². The highest BCUT2D eigenvalue weighted by atomic mass is 19.1. The average molecular weight is 293 g/mol. The van der Waals surface area contributed by atoms with Crippen LogP contribution in [0, 0.1) is 11.7 Å².